The van der Waals surface area contributed by atoms with Crippen LogP contribution in [0.3, 0.4) is 0 Å². The minimum absolute atomic E-state index is 0.259. The molecule has 7 heteroatoms. The molecule has 0 radical (unpaired) electrons. The molecule has 0 aliphatic carbocycles. The Bertz CT molecular complexity index is 632. The molecule has 1 atom stereocenters. The Morgan fingerprint density at radius 2 is 2.00 bits per heavy atom. The van der Waals surface area contributed by atoms with Crippen molar-refractivity contribution in [2.24, 2.45) is 5.92 Å². The average Bonchev–Trinajstić information content (AvgIpc) is 2.35. The van der Waals surface area contributed by atoms with Gasteiger partial charge in [-0.1, -0.05) is 32.0 Å². The minimum Gasteiger partial charge on any atom is -0.480 e. The first kappa shape index (κ1) is 16.1. The minimum atomic E-state index is -3.84. The highest BCUT2D eigenvalue weighted by Gasteiger charge is 2.27. The van der Waals surface area contributed by atoms with Crippen molar-refractivity contribution in [2.45, 2.75) is 25.6 Å². The third-order valence-electron chi connectivity index (χ3n) is 2.72. The summed E-state index contributed by atoms with van der Waals surface area (Å²) >= 11 is 0. The van der Waals surface area contributed by atoms with E-state index in [4.69, 9.17) is 10.4 Å². The third-order valence-corrected chi connectivity index (χ3v) is 4.03. The van der Waals surface area contributed by atoms with E-state index in [1.54, 1.807) is 26.0 Å². The molecule has 1 aromatic rings. The monoisotopic (exact) mass is 296 g/mol. The third kappa shape index (κ3) is 4.33. The van der Waals surface area contributed by atoms with Gasteiger partial charge in [0.15, 0.2) is 0 Å². The van der Waals surface area contributed by atoms with Crippen molar-refractivity contribution in [3.05, 3.63) is 35.4 Å². The number of hydrogen-bond acceptors (Lipinski definition) is 4. The molecule has 1 aromatic carbocycles. The number of nitrogens with one attached hydrogen (secondary N) is 1. The number of nitriles is 1. The standard InChI is InChI=1S/C13H16N2O4S/c1-9(2)12(13(16)17)15-20(18,19)8-11-6-4-3-5-10(11)7-14/h3-6,9,12,15H,8H2,1-2H3,(H,16,17)/t12-/m0/s1. The summed E-state index contributed by atoms with van der Waals surface area (Å²) in [4.78, 5) is 11.0. The van der Waals surface area contributed by atoms with Gasteiger partial charge in [0.1, 0.15) is 6.04 Å². The highest BCUT2D eigenvalue weighted by Crippen LogP contribution is 2.12. The lowest BCUT2D eigenvalue weighted by Gasteiger charge is -2.18. The van der Waals surface area contributed by atoms with Gasteiger partial charge in [0.25, 0.3) is 0 Å². The van der Waals surface area contributed by atoms with Crippen LogP contribution in [0.2, 0.25) is 0 Å². The summed E-state index contributed by atoms with van der Waals surface area (Å²) in [6, 6.07) is 7.03. The summed E-state index contributed by atoms with van der Waals surface area (Å²) in [6.07, 6.45) is 0. The molecule has 0 heterocycles. The van der Waals surface area contributed by atoms with Gasteiger partial charge in [-0.2, -0.15) is 5.26 Å². The Balaban J connectivity index is 2.96. The van der Waals surface area contributed by atoms with Gasteiger partial charge >= 0.3 is 5.97 Å². The largest absolute Gasteiger partial charge is 0.480 e. The van der Waals surface area contributed by atoms with Crippen molar-refractivity contribution in [3.63, 3.8) is 0 Å². The van der Waals surface area contributed by atoms with Crippen LogP contribution in [-0.4, -0.2) is 25.5 Å². The van der Waals surface area contributed by atoms with E-state index in [0.717, 1.165) is 0 Å². The first-order chi connectivity index (χ1) is 9.26. The summed E-state index contributed by atoms with van der Waals surface area (Å²) in [5.41, 5.74) is 0.602. The van der Waals surface area contributed by atoms with E-state index in [-0.39, 0.29) is 11.5 Å². The second-order valence-electron chi connectivity index (χ2n) is 4.71. The fraction of sp³-hybridized carbons (Fsp3) is 0.385. The maximum atomic E-state index is 12.0. The molecule has 0 saturated carbocycles. The van der Waals surface area contributed by atoms with E-state index in [0.29, 0.717) is 5.56 Å². The zero-order chi connectivity index (χ0) is 15.3. The van der Waals surface area contributed by atoms with Crippen molar-refractivity contribution in [1.29, 1.82) is 5.26 Å². The number of carboxylic acid groups (broad SMARTS) is 1. The summed E-state index contributed by atoms with van der Waals surface area (Å²) in [6.45, 7) is 3.23. The van der Waals surface area contributed by atoms with Gasteiger partial charge < -0.3 is 5.11 Å². The number of rotatable bonds is 6. The molecular weight excluding hydrogens is 280 g/mol. The molecule has 0 amide bonds. The van der Waals surface area contributed by atoms with Crippen LogP contribution >= 0.6 is 0 Å². The van der Waals surface area contributed by atoms with Gasteiger partial charge in [-0.25, -0.2) is 13.1 Å². The quantitative estimate of drug-likeness (QED) is 0.817. The molecule has 0 aliphatic heterocycles. The van der Waals surface area contributed by atoms with E-state index in [2.05, 4.69) is 4.72 Å². The molecule has 108 valence electrons. The fourth-order valence-electron chi connectivity index (χ4n) is 1.67. The number of carboxylic acids is 1. The van der Waals surface area contributed by atoms with Gasteiger partial charge in [-0.3, -0.25) is 4.79 Å². The van der Waals surface area contributed by atoms with Gasteiger partial charge in [-0.05, 0) is 17.5 Å². The maximum Gasteiger partial charge on any atom is 0.321 e. The first-order valence-corrected chi connectivity index (χ1v) is 7.63. The van der Waals surface area contributed by atoms with Gasteiger partial charge in [-0.15, -0.1) is 0 Å². The Morgan fingerprint density at radius 3 is 2.50 bits per heavy atom. The topological polar surface area (TPSA) is 107 Å². The van der Waals surface area contributed by atoms with Crippen molar-refractivity contribution in [2.75, 3.05) is 0 Å². The Hall–Kier alpha value is -1.91. The van der Waals surface area contributed by atoms with Crippen molar-refractivity contribution < 1.29 is 18.3 Å². The lowest BCUT2D eigenvalue weighted by Crippen LogP contribution is -2.44. The lowest BCUT2D eigenvalue weighted by molar-refractivity contribution is -0.140. The first-order valence-electron chi connectivity index (χ1n) is 5.97. The number of nitrogens with zero attached hydrogens (tertiary/aromatic N) is 1. The Morgan fingerprint density at radius 1 is 1.40 bits per heavy atom. The second kappa shape index (κ2) is 6.50. The maximum absolute atomic E-state index is 12.0. The SMILES string of the molecule is CC(C)[C@H](NS(=O)(=O)Cc1ccccc1C#N)C(=O)O. The molecule has 0 spiro atoms. The molecule has 2 N–H and O–H groups in total. The van der Waals surface area contributed by atoms with Gasteiger partial charge in [0, 0.05) is 0 Å². The van der Waals surface area contributed by atoms with E-state index >= 15 is 0 Å². The summed E-state index contributed by atoms with van der Waals surface area (Å²) in [5.74, 6) is -2.03. The molecule has 20 heavy (non-hydrogen) atoms. The number of sulfonamides is 1. The average molecular weight is 296 g/mol. The van der Waals surface area contributed by atoms with Crippen molar-refractivity contribution >= 4 is 16.0 Å². The van der Waals surface area contributed by atoms with Crippen LogP contribution in [0.25, 0.3) is 0 Å². The summed E-state index contributed by atoms with van der Waals surface area (Å²) in [7, 11) is -3.84. The molecular formula is C13H16N2O4S. The zero-order valence-electron chi connectivity index (χ0n) is 11.2. The molecule has 0 bridgehead atoms. The highest BCUT2D eigenvalue weighted by molar-refractivity contribution is 7.88. The number of carbonyl (C=O) groups is 1. The van der Waals surface area contributed by atoms with Crippen LogP contribution in [0, 0.1) is 17.2 Å². The van der Waals surface area contributed by atoms with Crippen LogP contribution in [0.4, 0.5) is 0 Å². The molecule has 6 nitrogen and oxygen atoms in total. The summed E-state index contributed by atoms with van der Waals surface area (Å²) < 4.78 is 26.2. The molecule has 0 saturated heterocycles. The van der Waals surface area contributed by atoms with E-state index in [1.807, 2.05) is 6.07 Å². The lowest BCUT2D eigenvalue weighted by atomic mass is 10.1. The number of hydrogen-bond donors (Lipinski definition) is 2. The number of benzene rings is 1. The molecule has 0 aliphatic rings. The van der Waals surface area contributed by atoms with Gasteiger partial charge in [0.05, 0.1) is 17.4 Å². The van der Waals surface area contributed by atoms with Crippen LogP contribution in [0.5, 0.6) is 0 Å². The van der Waals surface area contributed by atoms with Crippen molar-refractivity contribution in [3.8, 4) is 6.07 Å². The Kier molecular flexibility index (Phi) is 5.25. The number of aliphatic carboxylic acids is 1. The molecule has 1 rings (SSSR count). The van der Waals surface area contributed by atoms with Crippen molar-refractivity contribution in [1.82, 2.24) is 4.72 Å². The van der Waals surface area contributed by atoms with Crippen LogP contribution < -0.4 is 4.72 Å². The predicted molar refractivity (Wildman–Crippen MR) is 73.2 cm³/mol. The zero-order valence-corrected chi connectivity index (χ0v) is 12.0. The highest BCUT2D eigenvalue weighted by atomic mass is 32.2. The van der Waals surface area contributed by atoms with Crippen LogP contribution in [-0.2, 0) is 20.6 Å². The van der Waals surface area contributed by atoms with E-state index < -0.39 is 27.8 Å². The van der Waals surface area contributed by atoms with E-state index in [1.165, 1.54) is 12.1 Å². The fourth-order valence-corrected chi connectivity index (χ4v) is 3.17. The summed E-state index contributed by atoms with van der Waals surface area (Å²) in [5, 5.41) is 17.9. The predicted octanol–water partition coefficient (Wildman–Crippen LogP) is 1.09. The van der Waals surface area contributed by atoms with Crippen LogP contribution in [0.1, 0.15) is 25.0 Å². The Labute approximate surface area is 118 Å². The smallest absolute Gasteiger partial charge is 0.321 e. The molecule has 0 fully saturated rings. The normalized spacial score (nSPS) is 12.9. The molecule has 0 unspecified atom stereocenters. The van der Waals surface area contributed by atoms with Crippen LogP contribution in [0.15, 0.2) is 24.3 Å². The van der Waals surface area contributed by atoms with E-state index in [9.17, 15) is 13.2 Å². The molecule has 0 aromatic heterocycles. The van der Waals surface area contributed by atoms with Gasteiger partial charge in [0.2, 0.25) is 10.0 Å². The second-order valence-corrected chi connectivity index (χ2v) is 6.46.